The molecule has 11 nitrogen and oxygen atoms in total. The lowest BCUT2D eigenvalue weighted by atomic mass is 10.1. The Bertz CT molecular complexity index is 620. The summed E-state index contributed by atoms with van der Waals surface area (Å²) in [5.41, 5.74) is 11.0. The molecule has 0 saturated carbocycles. The topological polar surface area (TPSA) is 188 Å². The number of carboxylic acid groups (broad SMARTS) is 1. The maximum atomic E-state index is 12.9. The summed E-state index contributed by atoms with van der Waals surface area (Å²) in [7, 11) is 0. The van der Waals surface area contributed by atoms with Crippen molar-refractivity contribution in [1.29, 1.82) is 0 Å². The molecule has 0 aliphatic carbocycles. The van der Waals surface area contributed by atoms with Crippen molar-refractivity contribution >= 4 is 36.3 Å². The minimum absolute atomic E-state index is 0.0290. The van der Waals surface area contributed by atoms with Crippen molar-refractivity contribution in [3.63, 3.8) is 0 Å². The van der Waals surface area contributed by atoms with E-state index in [-0.39, 0.29) is 12.2 Å². The maximum absolute atomic E-state index is 12.9. The highest BCUT2D eigenvalue weighted by Gasteiger charge is 2.38. The molecule has 1 heterocycles. The van der Waals surface area contributed by atoms with Crippen molar-refractivity contribution in [1.82, 2.24) is 15.5 Å². The number of aliphatic carboxylic acids is 1. The maximum Gasteiger partial charge on any atom is 0.326 e. The molecule has 0 aromatic carbocycles. The average molecular weight is 448 g/mol. The fourth-order valence-electron chi connectivity index (χ4n) is 3.19. The van der Waals surface area contributed by atoms with E-state index in [4.69, 9.17) is 11.5 Å². The van der Waals surface area contributed by atoms with Gasteiger partial charge in [-0.2, -0.15) is 12.6 Å². The first-order valence-electron chi connectivity index (χ1n) is 10.0. The Morgan fingerprint density at radius 1 is 1.20 bits per heavy atom. The quantitative estimate of drug-likeness (QED) is 0.130. The number of nitrogens with two attached hydrogens (primary N) is 2. The van der Waals surface area contributed by atoms with Gasteiger partial charge in [0.1, 0.15) is 24.2 Å². The zero-order chi connectivity index (χ0) is 22.8. The summed E-state index contributed by atoms with van der Waals surface area (Å²) in [6, 6.07) is -4.13. The summed E-state index contributed by atoms with van der Waals surface area (Å²) >= 11 is 4.10. The smallest absolute Gasteiger partial charge is 0.326 e. The number of hydrogen-bond acceptors (Lipinski definition) is 8. The Balaban J connectivity index is 2.80. The number of thiol groups is 1. The van der Waals surface area contributed by atoms with Crippen LogP contribution in [0.4, 0.5) is 0 Å². The van der Waals surface area contributed by atoms with Crippen LogP contribution in [0.5, 0.6) is 0 Å². The average Bonchev–Trinajstić information content (AvgIpc) is 3.19. The van der Waals surface area contributed by atoms with Crippen molar-refractivity contribution < 1.29 is 29.4 Å². The van der Waals surface area contributed by atoms with E-state index in [0.717, 1.165) is 0 Å². The van der Waals surface area contributed by atoms with E-state index in [2.05, 4.69) is 23.3 Å². The first-order chi connectivity index (χ1) is 14.1. The van der Waals surface area contributed by atoms with Gasteiger partial charge in [0.15, 0.2) is 0 Å². The standard InChI is InChI=1S/C18H33N5O6S/c1-10(24)14(20)16(26)22-12(9-30)17(27)23-8-4-6-13(23)15(25)21-11(18(28)29)5-2-3-7-19/h10-14,24,30H,2-9,19-20H2,1H3,(H,21,25)(H,22,26)(H,28,29). The molecule has 5 unspecified atom stereocenters. The van der Waals surface area contributed by atoms with E-state index in [1.165, 1.54) is 11.8 Å². The first kappa shape index (κ1) is 26.1. The second-order valence-corrected chi connectivity index (χ2v) is 7.75. The predicted octanol–water partition coefficient (Wildman–Crippen LogP) is -2.20. The van der Waals surface area contributed by atoms with Crippen molar-refractivity contribution in [2.24, 2.45) is 11.5 Å². The Labute approximate surface area is 181 Å². The Morgan fingerprint density at radius 3 is 2.40 bits per heavy atom. The number of amides is 3. The molecule has 0 aromatic rings. The van der Waals surface area contributed by atoms with Crippen molar-refractivity contribution in [2.75, 3.05) is 18.8 Å². The van der Waals surface area contributed by atoms with Gasteiger partial charge in [-0.25, -0.2) is 4.79 Å². The van der Waals surface area contributed by atoms with Gasteiger partial charge in [-0.1, -0.05) is 0 Å². The highest BCUT2D eigenvalue weighted by Crippen LogP contribution is 2.19. The molecule has 3 amide bonds. The molecule has 0 bridgehead atoms. The molecule has 1 saturated heterocycles. The van der Waals surface area contributed by atoms with Crippen LogP contribution in [0.2, 0.25) is 0 Å². The number of carbonyl (C=O) groups is 4. The lowest BCUT2D eigenvalue weighted by Gasteiger charge is -2.29. The minimum atomic E-state index is -1.21. The molecule has 1 aliphatic rings. The summed E-state index contributed by atoms with van der Waals surface area (Å²) in [6.45, 7) is 2.08. The normalized spacial score (nSPS) is 20.2. The van der Waals surface area contributed by atoms with E-state index in [1.54, 1.807) is 0 Å². The second-order valence-electron chi connectivity index (χ2n) is 7.38. The monoisotopic (exact) mass is 447 g/mol. The van der Waals surface area contributed by atoms with Crippen molar-refractivity contribution in [3.05, 3.63) is 0 Å². The van der Waals surface area contributed by atoms with Gasteiger partial charge in [0.05, 0.1) is 6.10 Å². The van der Waals surface area contributed by atoms with Crippen LogP contribution in [0.1, 0.15) is 39.0 Å². The number of nitrogens with zero attached hydrogens (tertiary/aromatic N) is 1. The van der Waals surface area contributed by atoms with Crippen LogP contribution in [0.3, 0.4) is 0 Å². The van der Waals surface area contributed by atoms with E-state index < -0.39 is 54.0 Å². The Hall–Kier alpha value is -1.89. The molecule has 172 valence electrons. The van der Waals surface area contributed by atoms with Crippen molar-refractivity contribution in [3.8, 4) is 0 Å². The highest BCUT2D eigenvalue weighted by molar-refractivity contribution is 7.80. The second kappa shape index (κ2) is 12.7. The van der Waals surface area contributed by atoms with Crippen LogP contribution in [0.15, 0.2) is 0 Å². The number of likely N-dealkylation sites (tertiary alicyclic amines) is 1. The molecule has 30 heavy (non-hydrogen) atoms. The van der Waals surface area contributed by atoms with Crippen LogP contribution in [0, 0.1) is 0 Å². The zero-order valence-corrected chi connectivity index (χ0v) is 18.0. The van der Waals surface area contributed by atoms with Gasteiger partial charge in [-0.3, -0.25) is 14.4 Å². The van der Waals surface area contributed by atoms with E-state index in [1.807, 2.05) is 0 Å². The molecule has 0 spiro atoms. The van der Waals surface area contributed by atoms with Crippen LogP contribution in [0.25, 0.3) is 0 Å². The summed E-state index contributed by atoms with van der Waals surface area (Å²) < 4.78 is 0. The number of carboxylic acids is 1. The summed E-state index contributed by atoms with van der Waals surface area (Å²) in [4.78, 5) is 50.4. The molecule has 8 N–H and O–H groups in total. The highest BCUT2D eigenvalue weighted by atomic mass is 32.1. The fourth-order valence-corrected chi connectivity index (χ4v) is 3.44. The first-order valence-corrected chi connectivity index (χ1v) is 10.7. The number of carbonyl (C=O) groups excluding carboxylic acids is 3. The third-order valence-electron chi connectivity index (χ3n) is 5.02. The van der Waals surface area contributed by atoms with Gasteiger partial charge in [0.25, 0.3) is 0 Å². The summed E-state index contributed by atoms with van der Waals surface area (Å²) in [6.07, 6.45) is 1.29. The van der Waals surface area contributed by atoms with E-state index in [9.17, 15) is 29.4 Å². The molecule has 1 fully saturated rings. The lowest BCUT2D eigenvalue weighted by molar-refractivity contribution is -0.145. The van der Waals surface area contributed by atoms with Gasteiger partial charge in [0.2, 0.25) is 17.7 Å². The molecule has 0 aromatic heterocycles. The summed E-state index contributed by atoms with van der Waals surface area (Å²) in [5.74, 6) is -2.94. The van der Waals surface area contributed by atoms with E-state index >= 15 is 0 Å². The van der Waals surface area contributed by atoms with Crippen molar-refractivity contribution in [2.45, 2.75) is 69.3 Å². The number of aliphatic hydroxyl groups excluding tert-OH is 1. The largest absolute Gasteiger partial charge is 0.480 e. The number of nitrogens with one attached hydrogen (secondary N) is 2. The van der Waals surface area contributed by atoms with Gasteiger partial charge in [-0.15, -0.1) is 0 Å². The third-order valence-corrected chi connectivity index (χ3v) is 5.38. The predicted molar refractivity (Wildman–Crippen MR) is 113 cm³/mol. The van der Waals surface area contributed by atoms with Gasteiger partial charge in [0, 0.05) is 12.3 Å². The lowest BCUT2D eigenvalue weighted by Crippen LogP contribution is -2.58. The number of aliphatic hydroxyl groups is 1. The summed E-state index contributed by atoms with van der Waals surface area (Å²) in [5, 5.41) is 23.7. The zero-order valence-electron chi connectivity index (χ0n) is 17.1. The van der Waals surface area contributed by atoms with Gasteiger partial charge in [-0.05, 0) is 45.6 Å². The number of rotatable bonds is 12. The molecular weight excluding hydrogens is 414 g/mol. The SMILES string of the molecule is CC(O)C(N)C(=O)NC(CS)C(=O)N1CCCC1C(=O)NC(CCCCN)C(=O)O. The Kier molecular flexibility index (Phi) is 11.1. The minimum Gasteiger partial charge on any atom is -0.480 e. The van der Waals surface area contributed by atoms with Crippen LogP contribution in [-0.4, -0.2) is 87.9 Å². The van der Waals surface area contributed by atoms with E-state index in [0.29, 0.717) is 38.8 Å². The van der Waals surface area contributed by atoms with Crippen LogP contribution < -0.4 is 22.1 Å². The van der Waals surface area contributed by atoms with Gasteiger partial charge >= 0.3 is 5.97 Å². The molecule has 12 heteroatoms. The molecule has 1 aliphatic heterocycles. The molecular formula is C18H33N5O6S. The Morgan fingerprint density at radius 2 is 1.87 bits per heavy atom. The number of unbranched alkanes of at least 4 members (excludes halogenated alkanes) is 1. The molecule has 0 radical (unpaired) electrons. The van der Waals surface area contributed by atoms with Crippen LogP contribution in [-0.2, 0) is 19.2 Å². The fraction of sp³-hybridized carbons (Fsp3) is 0.778. The molecule has 1 rings (SSSR count). The number of hydrogen-bond donors (Lipinski definition) is 7. The third kappa shape index (κ3) is 7.42. The van der Waals surface area contributed by atoms with Crippen LogP contribution >= 0.6 is 12.6 Å². The van der Waals surface area contributed by atoms with Gasteiger partial charge < -0.3 is 37.2 Å². The molecule has 5 atom stereocenters.